The molecule has 1 N–H and O–H groups in total. The Labute approximate surface area is 116 Å². The molecule has 0 heterocycles. The fourth-order valence-corrected chi connectivity index (χ4v) is 2.02. The van der Waals surface area contributed by atoms with Gasteiger partial charge in [-0.1, -0.05) is 30.3 Å². The first-order chi connectivity index (χ1) is 9.54. The molecule has 0 fully saturated rings. The summed E-state index contributed by atoms with van der Waals surface area (Å²) in [7, 11) is 1.23. The van der Waals surface area contributed by atoms with E-state index in [1.165, 1.54) is 14.0 Å². The minimum absolute atomic E-state index is 0.491. The average Bonchev–Trinajstić information content (AvgIpc) is 2.46. The molecule has 0 aliphatic heterocycles. The van der Waals surface area contributed by atoms with Crippen LogP contribution in [0.15, 0.2) is 42.5 Å². The molecule has 0 saturated heterocycles. The number of benzene rings is 2. The van der Waals surface area contributed by atoms with Crippen molar-refractivity contribution in [3.05, 3.63) is 42.5 Å². The molecule has 2 rings (SSSR count). The normalized spacial score (nSPS) is 11.9. The van der Waals surface area contributed by atoms with Crippen LogP contribution in [0.3, 0.4) is 0 Å². The Hall–Kier alpha value is -2.56. The largest absolute Gasteiger partial charge is 0.480 e. The quantitative estimate of drug-likeness (QED) is 0.933. The van der Waals surface area contributed by atoms with E-state index in [1.807, 2.05) is 30.3 Å². The molecule has 1 unspecified atom stereocenters. The highest BCUT2D eigenvalue weighted by Gasteiger charge is 2.27. The van der Waals surface area contributed by atoms with E-state index in [9.17, 15) is 9.59 Å². The molecule has 0 spiro atoms. The van der Waals surface area contributed by atoms with Gasteiger partial charge in [-0.05, 0) is 29.8 Å². The minimum atomic E-state index is -1.09. The lowest BCUT2D eigenvalue weighted by Gasteiger charge is -2.25. The van der Waals surface area contributed by atoms with Crippen LogP contribution in [-0.4, -0.2) is 30.3 Å². The van der Waals surface area contributed by atoms with Crippen molar-refractivity contribution in [2.45, 2.75) is 13.0 Å². The Bertz CT molecular complexity index is 653. The first-order valence-electron chi connectivity index (χ1n) is 6.13. The summed E-state index contributed by atoms with van der Waals surface area (Å²) in [6.45, 7) is 1.44. The van der Waals surface area contributed by atoms with Gasteiger partial charge in [0.1, 0.15) is 6.04 Å². The van der Waals surface area contributed by atoms with Crippen molar-refractivity contribution in [3.63, 3.8) is 0 Å². The summed E-state index contributed by atoms with van der Waals surface area (Å²) in [6, 6.07) is 12.0. The number of carbonyl (C=O) groups excluding carboxylic acids is 1. The number of ether oxygens (including phenoxy) is 1. The molecule has 5 heteroatoms. The zero-order chi connectivity index (χ0) is 14.7. The maximum Gasteiger partial charge on any atom is 0.414 e. The maximum absolute atomic E-state index is 11.8. The van der Waals surface area contributed by atoms with Crippen molar-refractivity contribution in [2.75, 3.05) is 12.0 Å². The standard InChI is InChI=1S/C15H15NO4/c1-10(14(17)18)16(15(19)20-2)13-8-7-11-5-3-4-6-12(11)9-13/h3-10H,1-2H3,(H,17,18). The number of carbonyl (C=O) groups is 2. The van der Waals surface area contributed by atoms with E-state index < -0.39 is 18.1 Å². The van der Waals surface area contributed by atoms with Crippen LogP contribution in [0.4, 0.5) is 10.5 Å². The number of fused-ring (bicyclic) bond motifs is 1. The van der Waals surface area contributed by atoms with E-state index in [2.05, 4.69) is 4.74 Å². The zero-order valence-corrected chi connectivity index (χ0v) is 11.2. The van der Waals surface area contributed by atoms with Gasteiger partial charge in [-0.25, -0.2) is 9.59 Å². The number of carboxylic acids is 1. The number of amides is 1. The minimum Gasteiger partial charge on any atom is -0.480 e. The highest BCUT2D eigenvalue weighted by Crippen LogP contribution is 2.24. The molecule has 20 heavy (non-hydrogen) atoms. The summed E-state index contributed by atoms with van der Waals surface area (Å²) in [6.07, 6.45) is -0.699. The van der Waals surface area contributed by atoms with E-state index in [0.29, 0.717) is 5.69 Å². The molecular formula is C15H15NO4. The molecule has 2 aromatic rings. The summed E-state index contributed by atoms with van der Waals surface area (Å²) in [5.41, 5.74) is 0.491. The van der Waals surface area contributed by atoms with Crippen LogP contribution in [-0.2, 0) is 9.53 Å². The Morgan fingerprint density at radius 3 is 2.40 bits per heavy atom. The number of nitrogens with zero attached hydrogens (tertiary/aromatic N) is 1. The Morgan fingerprint density at radius 2 is 1.80 bits per heavy atom. The van der Waals surface area contributed by atoms with Crippen LogP contribution in [0, 0.1) is 0 Å². The fraction of sp³-hybridized carbons (Fsp3) is 0.200. The third-order valence-electron chi connectivity index (χ3n) is 3.13. The number of aliphatic carboxylic acids is 1. The van der Waals surface area contributed by atoms with Crippen LogP contribution in [0.1, 0.15) is 6.92 Å². The third-order valence-corrected chi connectivity index (χ3v) is 3.13. The fourth-order valence-electron chi connectivity index (χ4n) is 2.02. The van der Waals surface area contributed by atoms with Gasteiger partial charge in [-0.15, -0.1) is 0 Å². The lowest BCUT2D eigenvalue weighted by Crippen LogP contribution is -2.43. The van der Waals surface area contributed by atoms with Gasteiger partial charge in [0, 0.05) is 5.69 Å². The van der Waals surface area contributed by atoms with Crippen LogP contribution in [0.2, 0.25) is 0 Å². The monoisotopic (exact) mass is 273 g/mol. The van der Waals surface area contributed by atoms with Crippen molar-refractivity contribution in [1.82, 2.24) is 0 Å². The first-order valence-corrected chi connectivity index (χ1v) is 6.13. The van der Waals surface area contributed by atoms with Gasteiger partial charge in [0.25, 0.3) is 0 Å². The summed E-state index contributed by atoms with van der Waals surface area (Å²) in [4.78, 5) is 24.1. The molecule has 0 aliphatic carbocycles. The summed E-state index contributed by atoms with van der Waals surface area (Å²) in [5, 5.41) is 11.1. The predicted octanol–water partition coefficient (Wildman–Crippen LogP) is 2.89. The Kier molecular flexibility index (Phi) is 3.89. The Balaban J connectivity index is 2.50. The highest BCUT2D eigenvalue weighted by atomic mass is 16.5. The molecule has 0 aromatic heterocycles. The van der Waals surface area contributed by atoms with Gasteiger partial charge in [0.15, 0.2) is 0 Å². The van der Waals surface area contributed by atoms with Gasteiger partial charge in [0.2, 0.25) is 0 Å². The van der Waals surface area contributed by atoms with Crippen molar-refractivity contribution in [1.29, 1.82) is 0 Å². The second kappa shape index (κ2) is 5.61. The second-order valence-corrected chi connectivity index (χ2v) is 4.39. The predicted molar refractivity (Wildman–Crippen MR) is 75.9 cm³/mol. The zero-order valence-electron chi connectivity index (χ0n) is 11.2. The second-order valence-electron chi connectivity index (χ2n) is 4.39. The van der Waals surface area contributed by atoms with E-state index in [-0.39, 0.29) is 0 Å². The highest BCUT2D eigenvalue weighted by molar-refractivity contribution is 5.97. The van der Waals surface area contributed by atoms with Crippen molar-refractivity contribution in [3.8, 4) is 0 Å². The lowest BCUT2D eigenvalue weighted by atomic mass is 10.1. The third kappa shape index (κ3) is 2.56. The summed E-state index contributed by atoms with van der Waals surface area (Å²) in [5.74, 6) is -1.09. The molecule has 1 amide bonds. The van der Waals surface area contributed by atoms with Gasteiger partial charge in [0.05, 0.1) is 7.11 Å². The van der Waals surface area contributed by atoms with Crippen molar-refractivity contribution < 1.29 is 19.4 Å². The smallest absolute Gasteiger partial charge is 0.414 e. The van der Waals surface area contributed by atoms with Crippen molar-refractivity contribution >= 4 is 28.5 Å². The van der Waals surface area contributed by atoms with Crippen LogP contribution < -0.4 is 4.90 Å². The molecule has 1 atom stereocenters. The Morgan fingerprint density at radius 1 is 1.15 bits per heavy atom. The van der Waals surface area contributed by atoms with E-state index in [0.717, 1.165) is 15.7 Å². The molecule has 0 bridgehead atoms. The molecule has 2 aromatic carbocycles. The number of hydrogen-bond acceptors (Lipinski definition) is 3. The van der Waals surface area contributed by atoms with Crippen LogP contribution in [0.5, 0.6) is 0 Å². The number of carboxylic acid groups (broad SMARTS) is 1. The van der Waals surface area contributed by atoms with Crippen molar-refractivity contribution in [2.24, 2.45) is 0 Å². The van der Waals surface area contributed by atoms with E-state index in [1.54, 1.807) is 12.1 Å². The summed E-state index contributed by atoms with van der Waals surface area (Å²) >= 11 is 0. The number of anilines is 1. The molecular weight excluding hydrogens is 258 g/mol. The lowest BCUT2D eigenvalue weighted by molar-refractivity contribution is -0.138. The van der Waals surface area contributed by atoms with Crippen LogP contribution >= 0.6 is 0 Å². The van der Waals surface area contributed by atoms with Gasteiger partial charge in [-0.2, -0.15) is 0 Å². The molecule has 0 saturated carbocycles. The number of methoxy groups -OCH3 is 1. The van der Waals surface area contributed by atoms with E-state index in [4.69, 9.17) is 5.11 Å². The molecule has 104 valence electrons. The first kappa shape index (κ1) is 13.9. The van der Waals surface area contributed by atoms with Gasteiger partial charge in [-0.3, -0.25) is 4.90 Å². The van der Waals surface area contributed by atoms with Gasteiger partial charge >= 0.3 is 12.1 Å². The maximum atomic E-state index is 11.8. The van der Waals surface area contributed by atoms with Crippen LogP contribution in [0.25, 0.3) is 10.8 Å². The molecule has 0 radical (unpaired) electrons. The average molecular weight is 273 g/mol. The van der Waals surface area contributed by atoms with Gasteiger partial charge < -0.3 is 9.84 Å². The SMILES string of the molecule is COC(=O)N(c1ccc2ccccc2c1)C(C)C(=O)O. The summed E-state index contributed by atoms with van der Waals surface area (Å²) < 4.78 is 4.67. The number of hydrogen-bond donors (Lipinski definition) is 1. The van der Waals surface area contributed by atoms with E-state index >= 15 is 0 Å². The molecule has 0 aliphatic rings. The molecule has 5 nitrogen and oxygen atoms in total. The topological polar surface area (TPSA) is 66.8 Å². The number of rotatable bonds is 3.